The van der Waals surface area contributed by atoms with Crippen molar-refractivity contribution in [1.82, 2.24) is 16.2 Å². The van der Waals surface area contributed by atoms with Crippen molar-refractivity contribution < 1.29 is 23.9 Å². The number of aryl methyl sites for hydroxylation is 1. The highest BCUT2D eigenvalue weighted by atomic mass is 79.9. The summed E-state index contributed by atoms with van der Waals surface area (Å²) in [7, 11) is 0. The lowest BCUT2D eigenvalue weighted by Crippen LogP contribution is -2.49. The highest BCUT2D eigenvalue weighted by Crippen LogP contribution is 2.32. The van der Waals surface area contributed by atoms with Crippen LogP contribution in [0.25, 0.3) is 0 Å². The summed E-state index contributed by atoms with van der Waals surface area (Å²) in [6, 6.07) is 3.65. The number of hydrazine groups is 1. The molecule has 0 radical (unpaired) electrons. The van der Waals surface area contributed by atoms with Crippen LogP contribution in [0.1, 0.15) is 12.5 Å². The maximum Gasteiger partial charge on any atom is 0.330 e. The van der Waals surface area contributed by atoms with Crippen molar-refractivity contribution in [2.45, 2.75) is 13.8 Å². The van der Waals surface area contributed by atoms with Crippen LogP contribution in [0.3, 0.4) is 0 Å². The molecule has 0 spiro atoms. The van der Waals surface area contributed by atoms with Crippen LogP contribution in [0, 0.1) is 6.92 Å². The predicted molar refractivity (Wildman–Crippen MR) is 110 cm³/mol. The Labute approximate surface area is 178 Å². The Balaban J connectivity index is 2.39. The van der Waals surface area contributed by atoms with Gasteiger partial charge >= 0.3 is 5.97 Å². The van der Waals surface area contributed by atoms with Gasteiger partial charge in [-0.2, -0.15) is 0 Å². The molecule has 27 heavy (non-hydrogen) atoms. The molecule has 146 valence electrons. The molecular formula is C16H17Br2N3O5S. The van der Waals surface area contributed by atoms with Crippen molar-refractivity contribution >= 4 is 67.0 Å². The number of benzene rings is 1. The van der Waals surface area contributed by atoms with Crippen LogP contribution in [0.5, 0.6) is 5.75 Å². The smallest absolute Gasteiger partial charge is 0.330 e. The number of esters is 1. The van der Waals surface area contributed by atoms with Crippen molar-refractivity contribution in [2.75, 3.05) is 13.2 Å². The van der Waals surface area contributed by atoms with Crippen LogP contribution < -0.4 is 20.9 Å². The molecule has 0 bridgehead atoms. The van der Waals surface area contributed by atoms with Gasteiger partial charge in [-0.1, -0.05) is 15.9 Å². The number of ether oxygens (including phenoxy) is 2. The molecule has 3 N–H and O–H groups in total. The van der Waals surface area contributed by atoms with Gasteiger partial charge in [-0.15, -0.1) is 0 Å². The van der Waals surface area contributed by atoms with E-state index in [0.29, 0.717) is 10.2 Å². The van der Waals surface area contributed by atoms with E-state index in [9.17, 15) is 14.4 Å². The Morgan fingerprint density at radius 2 is 1.89 bits per heavy atom. The number of hydrogen-bond donors (Lipinski definition) is 3. The first-order valence-electron chi connectivity index (χ1n) is 7.56. The lowest BCUT2D eigenvalue weighted by Gasteiger charge is -2.13. The van der Waals surface area contributed by atoms with E-state index in [1.807, 2.05) is 13.0 Å². The fourth-order valence-corrected chi connectivity index (χ4v) is 3.40. The van der Waals surface area contributed by atoms with E-state index in [4.69, 9.17) is 17.0 Å². The first kappa shape index (κ1) is 23.1. The number of halogens is 2. The molecule has 0 aromatic heterocycles. The zero-order valence-corrected chi connectivity index (χ0v) is 18.4. The Morgan fingerprint density at radius 3 is 2.52 bits per heavy atom. The number of hydrogen-bond acceptors (Lipinski definition) is 6. The van der Waals surface area contributed by atoms with E-state index >= 15 is 0 Å². The number of amides is 2. The van der Waals surface area contributed by atoms with Crippen molar-refractivity contribution in [3.63, 3.8) is 0 Å². The van der Waals surface area contributed by atoms with E-state index in [0.717, 1.165) is 22.2 Å². The third kappa shape index (κ3) is 8.98. The van der Waals surface area contributed by atoms with Crippen LogP contribution in [-0.4, -0.2) is 36.1 Å². The van der Waals surface area contributed by atoms with Gasteiger partial charge in [0.25, 0.3) is 5.91 Å². The standard InChI is InChI=1S/C16H17Br2N3O5S/c1-3-25-14(24)5-4-12(22)19-16(27)21-20-13(23)8-26-15-9(2)6-10(17)7-11(15)18/h4-7H,3,8H2,1-2H3,(H,20,23)(H2,19,21,22,27). The average Bonchev–Trinajstić information content (AvgIpc) is 2.57. The Hall–Kier alpha value is -1.98. The average molecular weight is 523 g/mol. The van der Waals surface area contributed by atoms with Gasteiger partial charge < -0.3 is 9.47 Å². The minimum absolute atomic E-state index is 0.150. The normalized spacial score (nSPS) is 10.2. The predicted octanol–water partition coefficient (Wildman–Crippen LogP) is 2.04. The van der Waals surface area contributed by atoms with Gasteiger partial charge in [0.15, 0.2) is 11.7 Å². The molecule has 0 aliphatic carbocycles. The van der Waals surface area contributed by atoms with E-state index in [1.54, 1.807) is 13.0 Å². The quantitative estimate of drug-likeness (QED) is 0.227. The fourth-order valence-electron chi connectivity index (χ4n) is 1.69. The highest BCUT2D eigenvalue weighted by molar-refractivity contribution is 9.11. The first-order chi connectivity index (χ1) is 12.7. The lowest BCUT2D eigenvalue weighted by molar-refractivity contribution is -0.137. The largest absolute Gasteiger partial charge is 0.482 e. The molecule has 2 amide bonds. The van der Waals surface area contributed by atoms with E-state index in [1.165, 1.54) is 0 Å². The minimum Gasteiger partial charge on any atom is -0.482 e. The molecule has 1 rings (SSSR count). The molecule has 0 aliphatic heterocycles. The first-order valence-corrected chi connectivity index (χ1v) is 9.55. The topological polar surface area (TPSA) is 106 Å². The second-order valence-corrected chi connectivity index (χ2v) is 7.08. The molecule has 0 unspecified atom stereocenters. The van der Waals surface area contributed by atoms with Gasteiger partial charge in [-0.25, -0.2) is 4.79 Å². The van der Waals surface area contributed by atoms with Crippen molar-refractivity contribution in [1.29, 1.82) is 0 Å². The Kier molecular flexibility index (Phi) is 9.97. The molecule has 1 aromatic carbocycles. The summed E-state index contributed by atoms with van der Waals surface area (Å²) in [5.74, 6) is -1.27. The monoisotopic (exact) mass is 521 g/mol. The zero-order valence-electron chi connectivity index (χ0n) is 14.4. The molecule has 0 atom stereocenters. The molecular weight excluding hydrogens is 506 g/mol. The third-order valence-corrected chi connectivity index (χ3v) is 4.00. The third-order valence-electron chi connectivity index (χ3n) is 2.75. The fraction of sp³-hybridized carbons (Fsp3) is 0.250. The molecule has 8 nitrogen and oxygen atoms in total. The van der Waals surface area contributed by atoms with Gasteiger partial charge in [-0.3, -0.25) is 25.8 Å². The number of carbonyl (C=O) groups is 3. The number of carbonyl (C=O) groups excluding carboxylic acids is 3. The molecule has 0 fully saturated rings. The molecule has 0 saturated heterocycles. The van der Waals surface area contributed by atoms with Crippen molar-refractivity contribution in [3.8, 4) is 5.75 Å². The second kappa shape index (κ2) is 11.7. The van der Waals surface area contributed by atoms with Gasteiger partial charge in [0.05, 0.1) is 11.1 Å². The molecule has 0 saturated carbocycles. The second-order valence-electron chi connectivity index (χ2n) is 4.90. The van der Waals surface area contributed by atoms with Crippen LogP contribution in [0.4, 0.5) is 0 Å². The van der Waals surface area contributed by atoms with Crippen LogP contribution in [0.15, 0.2) is 33.2 Å². The van der Waals surface area contributed by atoms with Crippen LogP contribution in [0.2, 0.25) is 0 Å². The Morgan fingerprint density at radius 1 is 1.19 bits per heavy atom. The number of thiocarbonyl (C=S) groups is 1. The van der Waals surface area contributed by atoms with Crippen molar-refractivity contribution in [2.24, 2.45) is 0 Å². The number of rotatable bonds is 6. The SMILES string of the molecule is CCOC(=O)C=CC(=O)NC(=S)NNC(=O)COc1c(C)cc(Br)cc1Br. The molecule has 1 aromatic rings. The summed E-state index contributed by atoms with van der Waals surface area (Å²) in [6.07, 6.45) is 1.93. The van der Waals surface area contributed by atoms with Gasteiger partial charge in [-0.05, 0) is 59.7 Å². The number of nitrogens with one attached hydrogen (secondary N) is 3. The van der Waals surface area contributed by atoms with Crippen LogP contribution in [-0.2, 0) is 19.1 Å². The maximum absolute atomic E-state index is 11.8. The molecule has 0 heterocycles. The summed E-state index contributed by atoms with van der Waals surface area (Å²) < 4.78 is 11.7. The van der Waals surface area contributed by atoms with E-state index < -0.39 is 17.8 Å². The summed E-state index contributed by atoms with van der Waals surface area (Å²) >= 11 is 11.6. The van der Waals surface area contributed by atoms with Gasteiger partial charge in [0.1, 0.15) is 5.75 Å². The summed E-state index contributed by atoms with van der Waals surface area (Å²) in [6.45, 7) is 3.42. The summed E-state index contributed by atoms with van der Waals surface area (Å²) in [4.78, 5) is 34.4. The Bertz CT molecular complexity index is 747. The lowest BCUT2D eigenvalue weighted by atomic mass is 10.2. The molecule has 0 aliphatic rings. The minimum atomic E-state index is -0.652. The van der Waals surface area contributed by atoms with Gasteiger partial charge in [0, 0.05) is 16.6 Å². The highest BCUT2D eigenvalue weighted by Gasteiger charge is 2.10. The summed E-state index contributed by atoms with van der Waals surface area (Å²) in [5.41, 5.74) is 5.48. The summed E-state index contributed by atoms with van der Waals surface area (Å²) in [5, 5.41) is 2.10. The molecule has 11 heteroatoms. The van der Waals surface area contributed by atoms with Gasteiger partial charge in [0.2, 0.25) is 5.91 Å². The van der Waals surface area contributed by atoms with Crippen molar-refractivity contribution in [3.05, 3.63) is 38.8 Å². The van der Waals surface area contributed by atoms with E-state index in [2.05, 4.69) is 52.8 Å². The van der Waals surface area contributed by atoms with Crippen LogP contribution >= 0.6 is 44.1 Å². The maximum atomic E-state index is 11.8. The zero-order chi connectivity index (χ0) is 20.4. The van der Waals surface area contributed by atoms with E-state index in [-0.39, 0.29) is 18.3 Å².